The summed E-state index contributed by atoms with van der Waals surface area (Å²) in [4.78, 5) is 11.7. The molecule has 0 radical (unpaired) electrons. The standard InChI is InChI=1S/C15H20O4/c1-6-18-14(16)13-15(4,19-13)11-7-8-12(17-5)10(3)9(11)2/h7-8,13H,6H2,1-5H3. The first-order chi connectivity index (χ1) is 8.95. The van der Waals surface area contributed by atoms with Crippen molar-refractivity contribution in [3.05, 3.63) is 28.8 Å². The number of benzene rings is 1. The van der Waals surface area contributed by atoms with Crippen LogP contribution < -0.4 is 4.74 Å². The molecule has 4 heteroatoms. The van der Waals surface area contributed by atoms with E-state index in [9.17, 15) is 4.79 Å². The number of carbonyl (C=O) groups is 1. The van der Waals surface area contributed by atoms with Crippen molar-refractivity contribution in [3.8, 4) is 5.75 Å². The predicted molar refractivity (Wildman–Crippen MR) is 71.3 cm³/mol. The normalized spacial score (nSPS) is 25.0. The highest BCUT2D eigenvalue weighted by molar-refractivity contribution is 5.80. The van der Waals surface area contributed by atoms with Gasteiger partial charge in [-0.1, -0.05) is 6.07 Å². The van der Waals surface area contributed by atoms with E-state index in [0.717, 1.165) is 22.4 Å². The summed E-state index contributed by atoms with van der Waals surface area (Å²) in [5.41, 5.74) is 2.60. The van der Waals surface area contributed by atoms with E-state index in [4.69, 9.17) is 14.2 Å². The molecule has 2 atom stereocenters. The molecule has 1 aliphatic heterocycles. The summed E-state index contributed by atoms with van der Waals surface area (Å²) in [5, 5.41) is 0. The Morgan fingerprint density at radius 1 is 1.37 bits per heavy atom. The Morgan fingerprint density at radius 3 is 2.63 bits per heavy atom. The number of carbonyl (C=O) groups excluding carboxylic acids is 1. The van der Waals surface area contributed by atoms with Crippen LogP contribution in [0, 0.1) is 13.8 Å². The van der Waals surface area contributed by atoms with E-state index in [1.165, 1.54) is 0 Å². The van der Waals surface area contributed by atoms with Crippen molar-refractivity contribution in [1.82, 2.24) is 0 Å². The first kappa shape index (κ1) is 13.9. The van der Waals surface area contributed by atoms with Gasteiger partial charge >= 0.3 is 5.97 Å². The number of hydrogen-bond donors (Lipinski definition) is 0. The summed E-state index contributed by atoms with van der Waals surface area (Å²) in [6.07, 6.45) is -0.501. The molecule has 0 spiro atoms. The average molecular weight is 264 g/mol. The van der Waals surface area contributed by atoms with Gasteiger partial charge in [0.25, 0.3) is 0 Å². The van der Waals surface area contributed by atoms with Crippen LogP contribution in [0.15, 0.2) is 12.1 Å². The molecule has 1 heterocycles. The van der Waals surface area contributed by atoms with Crippen molar-refractivity contribution in [3.63, 3.8) is 0 Å². The Bertz CT molecular complexity index is 509. The van der Waals surface area contributed by atoms with Crippen molar-refractivity contribution >= 4 is 5.97 Å². The quantitative estimate of drug-likeness (QED) is 0.619. The smallest absolute Gasteiger partial charge is 0.338 e. The Morgan fingerprint density at radius 2 is 2.05 bits per heavy atom. The third kappa shape index (κ3) is 2.21. The summed E-state index contributed by atoms with van der Waals surface area (Å²) in [7, 11) is 1.65. The highest BCUT2D eigenvalue weighted by atomic mass is 16.7. The molecule has 104 valence electrons. The lowest BCUT2D eigenvalue weighted by Crippen LogP contribution is -2.19. The molecule has 1 aliphatic rings. The minimum Gasteiger partial charge on any atom is -0.496 e. The van der Waals surface area contributed by atoms with Gasteiger partial charge in [0.1, 0.15) is 11.4 Å². The number of methoxy groups -OCH3 is 1. The van der Waals surface area contributed by atoms with Gasteiger partial charge in [0.15, 0.2) is 6.10 Å². The third-order valence-corrected chi connectivity index (χ3v) is 3.80. The zero-order chi connectivity index (χ0) is 14.2. The first-order valence-electron chi connectivity index (χ1n) is 6.44. The fraction of sp³-hybridized carbons (Fsp3) is 0.533. The van der Waals surface area contributed by atoms with Gasteiger partial charge in [-0.3, -0.25) is 0 Å². The first-order valence-corrected chi connectivity index (χ1v) is 6.44. The van der Waals surface area contributed by atoms with E-state index in [1.807, 2.05) is 32.9 Å². The van der Waals surface area contributed by atoms with E-state index >= 15 is 0 Å². The lowest BCUT2D eigenvalue weighted by atomic mass is 9.90. The van der Waals surface area contributed by atoms with Crippen molar-refractivity contribution in [2.75, 3.05) is 13.7 Å². The number of ether oxygens (including phenoxy) is 3. The third-order valence-electron chi connectivity index (χ3n) is 3.80. The number of esters is 1. The van der Waals surface area contributed by atoms with Gasteiger partial charge < -0.3 is 14.2 Å². The van der Waals surface area contributed by atoms with Gasteiger partial charge in [0.05, 0.1) is 13.7 Å². The van der Waals surface area contributed by atoms with Gasteiger partial charge in [0.2, 0.25) is 0 Å². The summed E-state index contributed by atoms with van der Waals surface area (Å²) < 4.78 is 15.9. The van der Waals surface area contributed by atoms with E-state index in [2.05, 4.69) is 0 Å². The van der Waals surface area contributed by atoms with Crippen LogP contribution in [0.3, 0.4) is 0 Å². The van der Waals surface area contributed by atoms with Crippen molar-refractivity contribution in [2.45, 2.75) is 39.4 Å². The second kappa shape index (κ2) is 4.85. The molecule has 0 bridgehead atoms. The Balaban J connectivity index is 2.29. The van der Waals surface area contributed by atoms with Crippen LogP contribution in [0.4, 0.5) is 0 Å². The van der Waals surface area contributed by atoms with Crippen LogP contribution in [0.2, 0.25) is 0 Å². The largest absolute Gasteiger partial charge is 0.496 e. The molecule has 19 heavy (non-hydrogen) atoms. The molecule has 0 amide bonds. The minimum absolute atomic E-state index is 0.294. The van der Waals surface area contributed by atoms with Gasteiger partial charge in [-0.25, -0.2) is 4.79 Å². The van der Waals surface area contributed by atoms with E-state index < -0.39 is 11.7 Å². The molecule has 1 saturated heterocycles. The highest BCUT2D eigenvalue weighted by Gasteiger charge is 2.59. The summed E-state index contributed by atoms with van der Waals surface area (Å²) in [5.74, 6) is 0.552. The van der Waals surface area contributed by atoms with Crippen molar-refractivity contribution in [1.29, 1.82) is 0 Å². The summed E-state index contributed by atoms with van der Waals surface area (Å²) >= 11 is 0. The molecular formula is C15H20O4. The Kier molecular flexibility index (Phi) is 3.54. The fourth-order valence-corrected chi connectivity index (χ4v) is 2.46. The molecule has 2 rings (SSSR count). The summed E-state index contributed by atoms with van der Waals surface area (Å²) in [6, 6.07) is 3.87. The summed E-state index contributed by atoms with van der Waals surface area (Å²) in [6.45, 7) is 8.10. The fourth-order valence-electron chi connectivity index (χ4n) is 2.46. The Hall–Kier alpha value is -1.55. The monoisotopic (exact) mass is 264 g/mol. The van der Waals surface area contributed by atoms with Gasteiger partial charge in [-0.15, -0.1) is 0 Å². The molecule has 0 N–H and O–H groups in total. The van der Waals surface area contributed by atoms with Crippen LogP contribution in [0.25, 0.3) is 0 Å². The SMILES string of the molecule is CCOC(=O)C1OC1(C)c1ccc(OC)c(C)c1C. The average Bonchev–Trinajstić information content (AvgIpc) is 3.06. The highest BCUT2D eigenvalue weighted by Crippen LogP contribution is 2.48. The number of hydrogen-bond acceptors (Lipinski definition) is 4. The van der Waals surface area contributed by atoms with Crippen molar-refractivity contribution in [2.24, 2.45) is 0 Å². The Labute approximate surface area is 113 Å². The molecule has 0 saturated carbocycles. The van der Waals surface area contributed by atoms with Crippen LogP contribution in [0.1, 0.15) is 30.5 Å². The molecule has 0 aromatic heterocycles. The topological polar surface area (TPSA) is 48.1 Å². The molecule has 4 nitrogen and oxygen atoms in total. The maximum Gasteiger partial charge on any atom is 0.338 e. The van der Waals surface area contributed by atoms with Gasteiger partial charge in [-0.2, -0.15) is 0 Å². The zero-order valence-corrected chi connectivity index (χ0v) is 12.1. The lowest BCUT2D eigenvalue weighted by Gasteiger charge is -2.15. The number of rotatable bonds is 4. The maximum absolute atomic E-state index is 11.7. The molecule has 1 aromatic rings. The van der Waals surface area contributed by atoms with E-state index in [0.29, 0.717) is 6.61 Å². The molecule has 0 aliphatic carbocycles. The van der Waals surface area contributed by atoms with Gasteiger partial charge in [0, 0.05) is 0 Å². The second-order valence-corrected chi connectivity index (χ2v) is 4.92. The number of epoxide rings is 1. The molecule has 1 fully saturated rings. The lowest BCUT2D eigenvalue weighted by molar-refractivity contribution is -0.144. The van der Waals surface area contributed by atoms with Crippen LogP contribution in [0.5, 0.6) is 5.75 Å². The maximum atomic E-state index is 11.7. The zero-order valence-electron chi connectivity index (χ0n) is 12.1. The van der Waals surface area contributed by atoms with Crippen LogP contribution in [-0.4, -0.2) is 25.8 Å². The second-order valence-electron chi connectivity index (χ2n) is 4.92. The van der Waals surface area contributed by atoms with E-state index in [1.54, 1.807) is 14.0 Å². The van der Waals surface area contributed by atoms with Crippen LogP contribution >= 0.6 is 0 Å². The molecular weight excluding hydrogens is 244 g/mol. The predicted octanol–water partition coefficient (Wildman–Crippen LogP) is 2.49. The van der Waals surface area contributed by atoms with E-state index in [-0.39, 0.29) is 5.97 Å². The van der Waals surface area contributed by atoms with Crippen molar-refractivity contribution < 1.29 is 19.0 Å². The van der Waals surface area contributed by atoms with Gasteiger partial charge in [-0.05, 0) is 50.5 Å². The molecule has 1 aromatic carbocycles. The van der Waals surface area contributed by atoms with Crippen LogP contribution in [-0.2, 0) is 19.9 Å². The minimum atomic E-state index is -0.576. The molecule has 2 unspecified atom stereocenters.